The quantitative estimate of drug-likeness (QED) is 0.803. The van der Waals surface area contributed by atoms with Gasteiger partial charge in [-0.1, -0.05) is 17.8 Å². The molecular weight excluding hydrogens is 280 g/mol. The van der Waals surface area contributed by atoms with Crippen LogP contribution in [0.15, 0.2) is 45.8 Å². The molecule has 0 aliphatic rings. The summed E-state index contributed by atoms with van der Waals surface area (Å²) in [7, 11) is 1.65. The van der Waals surface area contributed by atoms with Crippen LogP contribution in [0.25, 0.3) is 4.96 Å². The number of hydrogen-bond donors (Lipinski definition) is 1. The number of ether oxygens (including phenoxy) is 1. The molecule has 0 aliphatic carbocycles. The van der Waals surface area contributed by atoms with Crippen molar-refractivity contribution in [1.82, 2.24) is 9.38 Å². The molecule has 3 aromatic rings. The normalized spacial score (nSPS) is 11.1. The Morgan fingerprint density at radius 3 is 3.16 bits per heavy atom. The summed E-state index contributed by atoms with van der Waals surface area (Å²) in [4.78, 5) is 6.48. The Hall–Kier alpha value is -1.50. The molecule has 0 bridgehead atoms. The van der Waals surface area contributed by atoms with Crippen molar-refractivity contribution in [3.63, 3.8) is 0 Å². The second kappa shape index (κ2) is 5.24. The lowest BCUT2D eigenvalue weighted by Crippen LogP contribution is -1.90. The third-order valence-electron chi connectivity index (χ3n) is 2.73. The topological polar surface area (TPSA) is 46.8 Å². The molecule has 0 spiro atoms. The van der Waals surface area contributed by atoms with Crippen LogP contribution >= 0.6 is 23.1 Å². The van der Waals surface area contributed by atoms with E-state index in [0.29, 0.717) is 0 Å². The molecule has 0 atom stereocenters. The van der Waals surface area contributed by atoms with E-state index in [9.17, 15) is 5.11 Å². The van der Waals surface area contributed by atoms with Crippen LogP contribution in [0.5, 0.6) is 5.75 Å². The first-order chi connectivity index (χ1) is 9.31. The fraction of sp³-hybridized carbons (Fsp3) is 0.154. The highest BCUT2D eigenvalue weighted by Gasteiger charge is 2.13. The first-order valence-electron chi connectivity index (χ1n) is 5.69. The summed E-state index contributed by atoms with van der Waals surface area (Å²) in [5.74, 6) is 0.816. The van der Waals surface area contributed by atoms with Crippen molar-refractivity contribution < 1.29 is 9.84 Å². The molecule has 0 radical (unpaired) electrons. The van der Waals surface area contributed by atoms with E-state index in [4.69, 9.17) is 4.74 Å². The maximum absolute atomic E-state index is 9.51. The van der Waals surface area contributed by atoms with E-state index in [-0.39, 0.29) is 6.61 Å². The summed E-state index contributed by atoms with van der Waals surface area (Å²) in [5.41, 5.74) is 0.823. The van der Waals surface area contributed by atoms with Crippen molar-refractivity contribution in [3.05, 3.63) is 41.5 Å². The molecule has 0 unspecified atom stereocenters. The van der Waals surface area contributed by atoms with Gasteiger partial charge in [-0.2, -0.15) is 0 Å². The molecule has 2 heterocycles. The lowest BCUT2D eigenvalue weighted by atomic mass is 10.3. The number of aromatic nitrogens is 2. The largest absolute Gasteiger partial charge is 0.497 e. The third-order valence-corrected chi connectivity index (χ3v) is 4.50. The van der Waals surface area contributed by atoms with Crippen molar-refractivity contribution in [1.29, 1.82) is 0 Å². The van der Waals surface area contributed by atoms with Gasteiger partial charge in [0.1, 0.15) is 10.8 Å². The predicted molar refractivity (Wildman–Crippen MR) is 76.1 cm³/mol. The monoisotopic (exact) mass is 292 g/mol. The number of benzene rings is 1. The van der Waals surface area contributed by atoms with Gasteiger partial charge in [0, 0.05) is 16.5 Å². The Morgan fingerprint density at radius 2 is 2.37 bits per heavy atom. The van der Waals surface area contributed by atoms with Gasteiger partial charge in [-0.25, -0.2) is 4.98 Å². The number of hydrogen-bond acceptors (Lipinski definition) is 5. The number of rotatable bonds is 4. The molecule has 4 nitrogen and oxygen atoms in total. The fourth-order valence-corrected chi connectivity index (χ4v) is 3.56. The number of imidazole rings is 1. The summed E-state index contributed by atoms with van der Waals surface area (Å²) in [6, 6.07) is 7.81. The summed E-state index contributed by atoms with van der Waals surface area (Å²) in [6.07, 6.45) is 1.92. The molecule has 3 rings (SSSR count). The Kier molecular flexibility index (Phi) is 3.46. The predicted octanol–water partition coefficient (Wildman–Crippen LogP) is 3.05. The van der Waals surface area contributed by atoms with E-state index < -0.39 is 0 Å². The van der Waals surface area contributed by atoms with Crippen molar-refractivity contribution in [3.8, 4) is 5.75 Å². The molecule has 19 heavy (non-hydrogen) atoms. The molecule has 0 saturated heterocycles. The average Bonchev–Trinajstić information content (AvgIpc) is 2.99. The zero-order valence-corrected chi connectivity index (χ0v) is 11.9. The van der Waals surface area contributed by atoms with Gasteiger partial charge >= 0.3 is 0 Å². The molecule has 2 aromatic heterocycles. The first kappa shape index (κ1) is 12.5. The highest BCUT2D eigenvalue weighted by molar-refractivity contribution is 7.99. The van der Waals surface area contributed by atoms with E-state index in [1.807, 2.05) is 40.2 Å². The van der Waals surface area contributed by atoms with E-state index in [1.54, 1.807) is 18.4 Å². The lowest BCUT2D eigenvalue weighted by Gasteiger charge is -2.03. The Labute approximate surface area is 118 Å². The smallest absolute Gasteiger partial charge is 0.195 e. The highest BCUT2D eigenvalue weighted by atomic mass is 32.2. The SMILES string of the molecule is COc1cccc(Sc2nc3sccn3c2CO)c1. The zero-order valence-electron chi connectivity index (χ0n) is 10.2. The molecule has 0 aliphatic heterocycles. The van der Waals surface area contributed by atoms with Crippen LogP contribution < -0.4 is 4.74 Å². The minimum Gasteiger partial charge on any atom is -0.497 e. The van der Waals surface area contributed by atoms with Gasteiger partial charge < -0.3 is 9.84 Å². The van der Waals surface area contributed by atoms with Crippen LogP contribution in [0.4, 0.5) is 0 Å². The molecule has 98 valence electrons. The number of nitrogens with zero attached hydrogens (tertiary/aromatic N) is 2. The van der Waals surface area contributed by atoms with E-state index in [1.165, 1.54) is 11.8 Å². The highest BCUT2D eigenvalue weighted by Crippen LogP contribution is 2.33. The zero-order chi connectivity index (χ0) is 13.2. The maximum atomic E-state index is 9.51. The lowest BCUT2D eigenvalue weighted by molar-refractivity contribution is 0.272. The van der Waals surface area contributed by atoms with Crippen molar-refractivity contribution in [2.24, 2.45) is 0 Å². The first-order valence-corrected chi connectivity index (χ1v) is 7.38. The van der Waals surface area contributed by atoms with Crippen LogP contribution in [0.3, 0.4) is 0 Å². The Balaban J connectivity index is 1.97. The fourth-order valence-electron chi connectivity index (χ4n) is 1.81. The van der Waals surface area contributed by atoms with Gasteiger partial charge in [-0.05, 0) is 18.2 Å². The Bertz CT molecular complexity index is 706. The minimum absolute atomic E-state index is 0.0236. The van der Waals surface area contributed by atoms with Gasteiger partial charge in [-0.15, -0.1) is 11.3 Å². The van der Waals surface area contributed by atoms with Crippen LogP contribution in [-0.4, -0.2) is 21.6 Å². The van der Waals surface area contributed by atoms with E-state index >= 15 is 0 Å². The van der Waals surface area contributed by atoms with E-state index in [2.05, 4.69) is 4.98 Å². The maximum Gasteiger partial charge on any atom is 0.195 e. The van der Waals surface area contributed by atoms with Crippen molar-refractivity contribution in [2.45, 2.75) is 16.5 Å². The van der Waals surface area contributed by atoms with Gasteiger partial charge in [0.05, 0.1) is 19.4 Å². The van der Waals surface area contributed by atoms with Crippen molar-refractivity contribution >= 4 is 28.1 Å². The number of aliphatic hydroxyl groups excluding tert-OH is 1. The average molecular weight is 292 g/mol. The van der Waals surface area contributed by atoms with Gasteiger partial charge in [0.15, 0.2) is 4.96 Å². The summed E-state index contributed by atoms with van der Waals surface area (Å²) < 4.78 is 7.13. The molecular formula is C13H12N2O2S2. The van der Waals surface area contributed by atoms with Gasteiger partial charge in [0.25, 0.3) is 0 Å². The van der Waals surface area contributed by atoms with Crippen LogP contribution in [-0.2, 0) is 6.61 Å². The molecule has 6 heteroatoms. The summed E-state index contributed by atoms with van der Waals surface area (Å²) in [5, 5.41) is 12.3. The minimum atomic E-state index is -0.0236. The molecule has 0 amide bonds. The van der Waals surface area contributed by atoms with Crippen LogP contribution in [0, 0.1) is 0 Å². The summed E-state index contributed by atoms with van der Waals surface area (Å²) in [6.45, 7) is -0.0236. The number of fused-ring (bicyclic) bond motifs is 1. The number of methoxy groups -OCH3 is 1. The second-order valence-corrected chi connectivity index (χ2v) is 5.79. The molecule has 0 fully saturated rings. The molecule has 1 aromatic carbocycles. The summed E-state index contributed by atoms with van der Waals surface area (Å²) >= 11 is 3.09. The van der Waals surface area contributed by atoms with E-state index in [0.717, 1.165) is 26.3 Å². The van der Waals surface area contributed by atoms with Crippen LogP contribution in [0.2, 0.25) is 0 Å². The Morgan fingerprint density at radius 1 is 1.47 bits per heavy atom. The van der Waals surface area contributed by atoms with Gasteiger partial charge in [-0.3, -0.25) is 4.40 Å². The van der Waals surface area contributed by atoms with Crippen LogP contribution in [0.1, 0.15) is 5.69 Å². The molecule has 0 saturated carbocycles. The van der Waals surface area contributed by atoms with Gasteiger partial charge in [0.2, 0.25) is 0 Å². The standard InChI is InChI=1S/C13H12N2O2S2/c1-17-9-3-2-4-10(7-9)19-12-11(8-16)15-5-6-18-13(15)14-12/h2-7,16H,8H2,1H3. The number of thiazole rings is 1. The molecule has 1 N–H and O–H groups in total. The van der Waals surface area contributed by atoms with Crippen molar-refractivity contribution in [2.75, 3.05) is 7.11 Å². The third kappa shape index (κ3) is 2.34. The second-order valence-electron chi connectivity index (χ2n) is 3.86. The number of aliphatic hydroxyl groups is 1.